The van der Waals surface area contributed by atoms with E-state index in [-0.39, 0.29) is 10.8 Å². The van der Waals surface area contributed by atoms with E-state index in [2.05, 4.69) is 20.7 Å². The van der Waals surface area contributed by atoms with Crippen molar-refractivity contribution in [2.24, 2.45) is 0 Å². The Labute approximate surface area is 204 Å². The molecule has 176 valence electrons. The van der Waals surface area contributed by atoms with Gasteiger partial charge in [0.2, 0.25) is 5.91 Å². The Hall–Kier alpha value is -3.20. The van der Waals surface area contributed by atoms with Crippen molar-refractivity contribution in [1.29, 1.82) is 0 Å². The SMILES string of the molecule is O=C(/C=C/c1ccc(S(=O)(=O)Nc2ccccc2Cl)cc1)N1CCN(Cc2cccnc2)CC1. The molecule has 1 N–H and O–H groups in total. The van der Waals surface area contributed by atoms with Crippen molar-refractivity contribution in [2.75, 3.05) is 30.9 Å². The summed E-state index contributed by atoms with van der Waals surface area (Å²) in [5, 5.41) is 0.321. The van der Waals surface area contributed by atoms with Gasteiger partial charge in [0.1, 0.15) is 0 Å². The van der Waals surface area contributed by atoms with E-state index in [1.54, 1.807) is 48.7 Å². The second-order valence-electron chi connectivity index (χ2n) is 7.95. The van der Waals surface area contributed by atoms with E-state index in [9.17, 15) is 13.2 Å². The number of anilines is 1. The molecule has 0 aliphatic carbocycles. The number of benzene rings is 2. The molecule has 1 aliphatic heterocycles. The lowest BCUT2D eigenvalue weighted by Crippen LogP contribution is -2.47. The molecule has 0 saturated carbocycles. The number of carbonyl (C=O) groups excluding carboxylic acids is 1. The lowest BCUT2D eigenvalue weighted by Gasteiger charge is -2.34. The van der Waals surface area contributed by atoms with Gasteiger partial charge in [0.05, 0.1) is 15.6 Å². The molecule has 1 amide bonds. The van der Waals surface area contributed by atoms with Crippen LogP contribution in [0.3, 0.4) is 0 Å². The van der Waals surface area contributed by atoms with Crippen LogP contribution in [0, 0.1) is 0 Å². The third-order valence-electron chi connectivity index (χ3n) is 5.54. The van der Waals surface area contributed by atoms with Gasteiger partial charge in [-0.05, 0) is 47.5 Å². The highest BCUT2D eigenvalue weighted by Gasteiger charge is 2.20. The zero-order valence-electron chi connectivity index (χ0n) is 18.5. The second kappa shape index (κ2) is 10.8. The van der Waals surface area contributed by atoms with Gasteiger partial charge in [0.25, 0.3) is 10.0 Å². The summed E-state index contributed by atoms with van der Waals surface area (Å²) in [5.41, 5.74) is 2.22. The first-order valence-corrected chi connectivity index (χ1v) is 12.7. The first kappa shape index (κ1) is 23.9. The predicted octanol–water partition coefficient (Wildman–Crippen LogP) is 3.89. The first-order chi connectivity index (χ1) is 16.4. The Morgan fingerprint density at radius 2 is 1.74 bits per heavy atom. The number of rotatable bonds is 7. The third-order valence-corrected chi connectivity index (χ3v) is 7.25. The minimum atomic E-state index is -3.77. The highest BCUT2D eigenvalue weighted by molar-refractivity contribution is 7.92. The Kier molecular flexibility index (Phi) is 7.62. The summed E-state index contributed by atoms with van der Waals surface area (Å²) in [6.07, 6.45) is 6.85. The molecular formula is C25H25ClN4O3S. The van der Waals surface area contributed by atoms with Gasteiger partial charge in [-0.3, -0.25) is 19.4 Å². The first-order valence-electron chi connectivity index (χ1n) is 10.9. The second-order valence-corrected chi connectivity index (χ2v) is 10.0. The fourth-order valence-electron chi connectivity index (χ4n) is 3.65. The highest BCUT2D eigenvalue weighted by atomic mass is 35.5. The highest BCUT2D eigenvalue weighted by Crippen LogP contribution is 2.24. The topological polar surface area (TPSA) is 82.6 Å². The normalized spacial score (nSPS) is 14.9. The summed E-state index contributed by atoms with van der Waals surface area (Å²) in [7, 11) is -3.77. The third kappa shape index (κ3) is 6.22. The molecule has 1 saturated heterocycles. The molecule has 0 atom stereocenters. The number of halogens is 1. The summed E-state index contributed by atoms with van der Waals surface area (Å²) in [6.45, 7) is 3.76. The standard InChI is InChI=1S/C25H25ClN4O3S/c26-23-5-1-2-6-24(23)28-34(32,33)22-10-7-20(8-11-22)9-12-25(31)30-16-14-29(15-17-30)19-21-4-3-13-27-18-21/h1-13,18,28H,14-17,19H2/b12-9+. The fraction of sp³-hybridized carbons (Fsp3) is 0.200. The van der Waals surface area contributed by atoms with Gasteiger partial charge >= 0.3 is 0 Å². The number of nitrogens with zero attached hydrogens (tertiary/aromatic N) is 3. The van der Waals surface area contributed by atoms with Crippen molar-refractivity contribution in [2.45, 2.75) is 11.4 Å². The van der Waals surface area contributed by atoms with E-state index in [4.69, 9.17) is 11.6 Å². The largest absolute Gasteiger partial charge is 0.337 e. The number of sulfonamides is 1. The van der Waals surface area contributed by atoms with Gasteiger partial charge in [-0.1, -0.05) is 41.9 Å². The van der Waals surface area contributed by atoms with Crippen molar-refractivity contribution in [3.05, 3.63) is 95.3 Å². The van der Waals surface area contributed by atoms with Crippen LogP contribution in [0.4, 0.5) is 5.69 Å². The minimum absolute atomic E-state index is 0.0573. The number of carbonyl (C=O) groups is 1. The molecule has 34 heavy (non-hydrogen) atoms. The van der Waals surface area contributed by atoms with Crippen molar-refractivity contribution in [1.82, 2.24) is 14.8 Å². The van der Waals surface area contributed by atoms with Crippen molar-refractivity contribution < 1.29 is 13.2 Å². The molecule has 0 unspecified atom stereocenters. The Morgan fingerprint density at radius 3 is 2.41 bits per heavy atom. The van der Waals surface area contributed by atoms with E-state index in [1.807, 2.05) is 17.2 Å². The number of pyridine rings is 1. The Bertz CT molecular complexity index is 1260. The number of amides is 1. The average Bonchev–Trinajstić information content (AvgIpc) is 2.85. The van der Waals surface area contributed by atoms with Crippen LogP contribution in [-0.2, 0) is 21.4 Å². The smallest absolute Gasteiger partial charge is 0.261 e. The maximum absolute atomic E-state index is 12.6. The number of para-hydroxylation sites is 1. The summed E-state index contributed by atoms with van der Waals surface area (Å²) >= 11 is 6.05. The van der Waals surface area contributed by atoms with Crippen LogP contribution in [0.15, 0.2) is 84.0 Å². The number of nitrogens with one attached hydrogen (secondary N) is 1. The molecular weight excluding hydrogens is 472 g/mol. The average molecular weight is 497 g/mol. The molecule has 0 radical (unpaired) electrons. The number of aromatic nitrogens is 1. The van der Waals surface area contributed by atoms with Crippen LogP contribution >= 0.6 is 11.6 Å². The molecule has 0 spiro atoms. The van der Waals surface area contributed by atoms with Crippen molar-refractivity contribution >= 4 is 39.3 Å². The van der Waals surface area contributed by atoms with E-state index in [1.165, 1.54) is 18.2 Å². The van der Waals surface area contributed by atoms with Gasteiger partial charge in [-0.15, -0.1) is 0 Å². The summed E-state index contributed by atoms with van der Waals surface area (Å²) in [4.78, 5) is 21.0. The maximum Gasteiger partial charge on any atom is 0.261 e. The molecule has 2 heterocycles. The quantitative estimate of drug-likeness (QED) is 0.502. The van der Waals surface area contributed by atoms with Crippen molar-refractivity contribution in [3.8, 4) is 0 Å². The molecule has 1 fully saturated rings. The zero-order valence-corrected chi connectivity index (χ0v) is 20.0. The fourth-order valence-corrected chi connectivity index (χ4v) is 4.97. The lowest BCUT2D eigenvalue weighted by atomic mass is 10.2. The van der Waals surface area contributed by atoms with Crippen LogP contribution in [0.1, 0.15) is 11.1 Å². The lowest BCUT2D eigenvalue weighted by molar-refractivity contribution is -0.127. The molecule has 2 aromatic carbocycles. The molecule has 3 aromatic rings. The Balaban J connectivity index is 1.31. The molecule has 0 bridgehead atoms. The maximum atomic E-state index is 12.6. The van der Waals surface area contributed by atoms with Gasteiger partial charge < -0.3 is 4.90 Å². The van der Waals surface area contributed by atoms with Gasteiger partial charge in [0.15, 0.2) is 0 Å². The summed E-state index contributed by atoms with van der Waals surface area (Å²) in [5.74, 6) is -0.0573. The number of hydrogen-bond acceptors (Lipinski definition) is 5. The zero-order chi connectivity index (χ0) is 24.0. The van der Waals surface area contributed by atoms with E-state index in [0.717, 1.165) is 30.8 Å². The molecule has 9 heteroatoms. The van der Waals surface area contributed by atoms with Crippen LogP contribution in [0.5, 0.6) is 0 Å². The van der Waals surface area contributed by atoms with E-state index in [0.29, 0.717) is 23.8 Å². The van der Waals surface area contributed by atoms with Crippen LogP contribution in [0.2, 0.25) is 5.02 Å². The predicted molar refractivity (Wildman–Crippen MR) is 134 cm³/mol. The number of hydrogen-bond donors (Lipinski definition) is 1. The van der Waals surface area contributed by atoms with Gasteiger partial charge in [-0.25, -0.2) is 8.42 Å². The van der Waals surface area contributed by atoms with Gasteiger partial charge in [-0.2, -0.15) is 0 Å². The molecule has 1 aliphatic rings. The Morgan fingerprint density at radius 1 is 1.00 bits per heavy atom. The van der Waals surface area contributed by atoms with Crippen LogP contribution in [0.25, 0.3) is 6.08 Å². The molecule has 1 aromatic heterocycles. The summed E-state index contributed by atoms with van der Waals surface area (Å²) < 4.78 is 27.7. The van der Waals surface area contributed by atoms with Gasteiger partial charge in [0, 0.05) is 51.2 Å². The monoisotopic (exact) mass is 496 g/mol. The van der Waals surface area contributed by atoms with E-state index >= 15 is 0 Å². The molecule has 7 nitrogen and oxygen atoms in total. The number of piperazine rings is 1. The van der Waals surface area contributed by atoms with Crippen LogP contribution in [-0.4, -0.2) is 55.3 Å². The van der Waals surface area contributed by atoms with Crippen LogP contribution < -0.4 is 4.72 Å². The molecule has 4 rings (SSSR count). The summed E-state index contributed by atoms with van der Waals surface area (Å²) in [6, 6.07) is 17.0. The minimum Gasteiger partial charge on any atom is -0.337 e. The van der Waals surface area contributed by atoms with E-state index < -0.39 is 10.0 Å². The van der Waals surface area contributed by atoms with Crippen molar-refractivity contribution in [3.63, 3.8) is 0 Å².